The van der Waals surface area contributed by atoms with E-state index in [1.54, 1.807) is 31.2 Å². The molecule has 18 heavy (non-hydrogen) atoms. The first-order valence-electron chi connectivity index (χ1n) is 5.68. The van der Waals surface area contributed by atoms with E-state index in [9.17, 15) is 0 Å². The van der Waals surface area contributed by atoms with Crippen molar-refractivity contribution in [2.24, 2.45) is 0 Å². The van der Waals surface area contributed by atoms with Crippen LogP contribution in [-0.4, -0.2) is 24.0 Å². The summed E-state index contributed by atoms with van der Waals surface area (Å²) >= 11 is 0. The van der Waals surface area contributed by atoms with E-state index in [1.165, 1.54) is 0 Å². The number of hydrogen-bond acceptors (Lipinski definition) is 4. The minimum atomic E-state index is 0.0415. The molecule has 0 unspecified atom stereocenters. The highest BCUT2D eigenvalue weighted by molar-refractivity contribution is 5.44. The van der Waals surface area contributed by atoms with Gasteiger partial charge in [0.1, 0.15) is 5.82 Å². The molecule has 96 valence electrons. The number of benzene rings is 1. The molecule has 5 nitrogen and oxygen atoms in total. The number of nitrogens with two attached hydrogens (primary N) is 1. The van der Waals surface area contributed by atoms with Crippen LogP contribution in [0.25, 0.3) is 0 Å². The van der Waals surface area contributed by atoms with Gasteiger partial charge in [-0.2, -0.15) is 5.10 Å². The molecule has 0 fully saturated rings. The summed E-state index contributed by atoms with van der Waals surface area (Å²) in [6.45, 7) is 2.03. The second-order valence-electron chi connectivity index (χ2n) is 3.99. The summed E-state index contributed by atoms with van der Waals surface area (Å²) < 4.78 is 12.3. The lowest BCUT2D eigenvalue weighted by Gasteiger charge is -2.16. The summed E-state index contributed by atoms with van der Waals surface area (Å²) in [5.41, 5.74) is 6.91. The Bertz CT molecular complexity index is 537. The molecule has 0 bridgehead atoms. The maximum absolute atomic E-state index is 5.85. The van der Waals surface area contributed by atoms with Gasteiger partial charge in [-0.15, -0.1) is 0 Å². The van der Waals surface area contributed by atoms with Gasteiger partial charge in [-0.1, -0.05) is 6.07 Å². The second-order valence-corrected chi connectivity index (χ2v) is 3.99. The van der Waals surface area contributed by atoms with Gasteiger partial charge in [-0.3, -0.25) is 0 Å². The van der Waals surface area contributed by atoms with Gasteiger partial charge >= 0.3 is 0 Å². The van der Waals surface area contributed by atoms with Gasteiger partial charge in [0.15, 0.2) is 11.5 Å². The standard InChI is InChI=1S/C13H17N3O2/c1-9(16-13(14)6-7-15-16)10-4-5-11(17-2)12(8-10)18-3/h4-9H,14H2,1-3H3/t9-/m0/s1. The largest absolute Gasteiger partial charge is 0.493 e. The molecule has 0 radical (unpaired) electrons. The number of rotatable bonds is 4. The molecule has 0 saturated heterocycles. The molecular weight excluding hydrogens is 230 g/mol. The van der Waals surface area contributed by atoms with Crippen molar-refractivity contribution in [3.8, 4) is 11.5 Å². The zero-order valence-corrected chi connectivity index (χ0v) is 10.8. The van der Waals surface area contributed by atoms with Crippen molar-refractivity contribution < 1.29 is 9.47 Å². The number of aromatic nitrogens is 2. The topological polar surface area (TPSA) is 62.3 Å². The van der Waals surface area contributed by atoms with E-state index in [2.05, 4.69) is 5.10 Å². The number of ether oxygens (including phenoxy) is 2. The van der Waals surface area contributed by atoms with Crippen molar-refractivity contribution in [3.05, 3.63) is 36.0 Å². The van der Waals surface area contributed by atoms with Gasteiger partial charge in [-0.05, 0) is 30.7 Å². The first-order chi connectivity index (χ1) is 8.67. The van der Waals surface area contributed by atoms with E-state index >= 15 is 0 Å². The number of hydrogen-bond donors (Lipinski definition) is 1. The van der Waals surface area contributed by atoms with Crippen LogP contribution < -0.4 is 15.2 Å². The minimum absolute atomic E-state index is 0.0415. The smallest absolute Gasteiger partial charge is 0.161 e. The Morgan fingerprint density at radius 2 is 1.89 bits per heavy atom. The summed E-state index contributed by atoms with van der Waals surface area (Å²) in [5, 5.41) is 4.21. The Hall–Kier alpha value is -2.17. The molecule has 2 N–H and O–H groups in total. The van der Waals surface area contributed by atoms with E-state index in [0.29, 0.717) is 17.3 Å². The van der Waals surface area contributed by atoms with Crippen molar-refractivity contribution in [1.29, 1.82) is 0 Å². The Balaban J connectivity index is 2.37. The molecule has 0 aliphatic heterocycles. The number of methoxy groups -OCH3 is 2. The summed E-state index contributed by atoms with van der Waals surface area (Å²) in [4.78, 5) is 0. The zero-order chi connectivity index (χ0) is 13.1. The second kappa shape index (κ2) is 5.00. The Morgan fingerprint density at radius 1 is 1.17 bits per heavy atom. The van der Waals surface area contributed by atoms with Crippen LogP contribution in [0.2, 0.25) is 0 Å². The third kappa shape index (κ3) is 2.11. The summed E-state index contributed by atoms with van der Waals surface area (Å²) in [6.07, 6.45) is 1.69. The molecule has 1 atom stereocenters. The van der Waals surface area contributed by atoms with E-state index in [-0.39, 0.29) is 6.04 Å². The SMILES string of the molecule is COc1ccc([C@H](C)n2nccc2N)cc1OC. The van der Waals surface area contributed by atoms with Crippen molar-refractivity contribution >= 4 is 5.82 Å². The molecule has 0 saturated carbocycles. The van der Waals surface area contributed by atoms with Crippen LogP contribution in [0.15, 0.2) is 30.5 Å². The fourth-order valence-electron chi connectivity index (χ4n) is 1.90. The van der Waals surface area contributed by atoms with Crippen LogP contribution in [0, 0.1) is 0 Å². The third-order valence-corrected chi connectivity index (χ3v) is 2.96. The highest BCUT2D eigenvalue weighted by Gasteiger charge is 2.13. The van der Waals surface area contributed by atoms with Crippen molar-refractivity contribution in [3.63, 3.8) is 0 Å². The fourth-order valence-corrected chi connectivity index (χ4v) is 1.90. The molecule has 0 spiro atoms. The van der Waals surface area contributed by atoms with Crippen molar-refractivity contribution in [2.75, 3.05) is 20.0 Å². The molecule has 1 aromatic heterocycles. The van der Waals surface area contributed by atoms with Gasteiger partial charge in [0.25, 0.3) is 0 Å². The lowest BCUT2D eigenvalue weighted by Crippen LogP contribution is -2.11. The molecule has 0 aliphatic carbocycles. The maximum Gasteiger partial charge on any atom is 0.161 e. The van der Waals surface area contributed by atoms with E-state index in [4.69, 9.17) is 15.2 Å². The predicted octanol–water partition coefficient (Wildman–Crippen LogP) is 2.09. The monoisotopic (exact) mass is 247 g/mol. The molecule has 0 aliphatic rings. The highest BCUT2D eigenvalue weighted by atomic mass is 16.5. The average molecular weight is 247 g/mol. The first kappa shape index (κ1) is 12.3. The zero-order valence-electron chi connectivity index (χ0n) is 10.8. The van der Waals surface area contributed by atoms with E-state index in [0.717, 1.165) is 5.56 Å². The average Bonchev–Trinajstić information content (AvgIpc) is 2.83. The summed E-state index contributed by atoms with van der Waals surface area (Å²) in [5.74, 6) is 2.05. The number of anilines is 1. The van der Waals surface area contributed by atoms with Gasteiger partial charge in [0, 0.05) is 0 Å². The summed E-state index contributed by atoms with van der Waals surface area (Å²) in [7, 11) is 3.24. The Labute approximate surface area is 106 Å². The van der Waals surface area contributed by atoms with Crippen LogP contribution in [-0.2, 0) is 0 Å². The molecular formula is C13H17N3O2. The van der Waals surface area contributed by atoms with Crippen molar-refractivity contribution in [1.82, 2.24) is 9.78 Å². The number of nitrogen functional groups attached to an aromatic ring is 1. The molecule has 2 rings (SSSR count). The van der Waals surface area contributed by atoms with E-state index in [1.807, 2.05) is 25.1 Å². The van der Waals surface area contributed by atoms with Gasteiger partial charge < -0.3 is 15.2 Å². The Kier molecular flexibility index (Phi) is 3.41. The van der Waals surface area contributed by atoms with Gasteiger partial charge in [0.05, 0.1) is 26.5 Å². The maximum atomic E-state index is 5.85. The molecule has 1 aromatic carbocycles. The van der Waals surface area contributed by atoms with Crippen LogP contribution in [0.4, 0.5) is 5.82 Å². The third-order valence-electron chi connectivity index (χ3n) is 2.96. The van der Waals surface area contributed by atoms with E-state index < -0.39 is 0 Å². The lowest BCUT2D eigenvalue weighted by molar-refractivity contribution is 0.354. The molecule has 5 heteroatoms. The lowest BCUT2D eigenvalue weighted by atomic mass is 10.1. The van der Waals surface area contributed by atoms with Gasteiger partial charge in [-0.25, -0.2) is 4.68 Å². The van der Waals surface area contributed by atoms with Crippen LogP contribution in [0.3, 0.4) is 0 Å². The van der Waals surface area contributed by atoms with Crippen LogP contribution >= 0.6 is 0 Å². The first-order valence-corrected chi connectivity index (χ1v) is 5.68. The molecule has 0 amide bonds. The van der Waals surface area contributed by atoms with Crippen LogP contribution in [0.5, 0.6) is 11.5 Å². The molecule has 1 heterocycles. The summed E-state index contributed by atoms with van der Waals surface area (Å²) in [6, 6.07) is 7.61. The Morgan fingerprint density at radius 3 is 2.44 bits per heavy atom. The van der Waals surface area contributed by atoms with Gasteiger partial charge in [0.2, 0.25) is 0 Å². The number of nitrogens with zero attached hydrogens (tertiary/aromatic N) is 2. The highest BCUT2D eigenvalue weighted by Crippen LogP contribution is 2.31. The minimum Gasteiger partial charge on any atom is -0.493 e. The quantitative estimate of drug-likeness (QED) is 0.898. The fraction of sp³-hybridized carbons (Fsp3) is 0.308. The predicted molar refractivity (Wildman–Crippen MR) is 70.0 cm³/mol. The van der Waals surface area contributed by atoms with Crippen LogP contribution in [0.1, 0.15) is 18.5 Å². The normalized spacial score (nSPS) is 12.2. The molecule has 2 aromatic rings. The van der Waals surface area contributed by atoms with Crippen molar-refractivity contribution in [2.45, 2.75) is 13.0 Å².